The van der Waals surface area contributed by atoms with Crippen LogP contribution in [0.1, 0.15) is 31.7 Å². The van der Waals surface area contributed by atoms with Crippen LogP contribution in [0.15, 0.2) is 34.8 Å². The fraction of sp³-hybridized carbons (Fsp3) is 0.333. The topological polar surface area (TPSA) is 9.23 Å². The molecule has 17 heavy (non-hydrogen) atoms. The van der Waals surface area contributed by atoms with E-state index >= 15 is 0 Å². The highest BCUT2D eigenvalue weighted by atomic mass is 79.9. The van der Waals surface area contributed by atoms with Crippen molar-refractivity contribution in [1.82, 2.24) is 0 Å². The van der Waals surface area contributed by atoms with Crippen LogP contribution < -0.4 is 4.74 Å². The van der Waals surface area contributed by atoms with Crippen molar-refractivity contribution in [2.24, 2.45) is 0 Å². The van der Waals surface area contributed by atoms with Gasteiger partial charge in [-0.2, -0.15) is 0 Å². The predicted molar refractivity (Wildman–Crippen MR) is 76.9 cm³/mol. The molecule has 2 aromatic carbocycles. The zero-order valence-corrected chi connectivity index (χ0v) is 12.0. The molecule has 0 bridgehead atoms. The van der Waals surface area contributed by atoms with E-state index < -0.39 is 0 Å². The summed E-state index contributed by atoms with van der Waals surface area (Å²) in [5.41, 5.74) is 1.40. The molecule has 1 nitrogen and oxygen atoms in total. The van der Waals surface area contributed by atoms with Gasteiger partial charge < -0.3 is 4.74 Å². The lowest BCUT2D eigenvalue weighted by atomic mass is 9.96. The summed E-state index contributed by atoms with van der Waals surface area (Å²) < 4.78 is 6.34. The second kappa shape index (κ2) is 5.09. The third kappa shape index (κ3) is 2.32. The fourth-order valence-corrected chi connectivity index (χ4v) is 2.65. The molecule has 0 unspecified atom stereocenters. The summed E-state index contributed by atoms with van der Waals surface area (Å²) in [6.45, 7) is 4.48. The third-order valence-corrected chi connectivity index (χ3v) is 4.16. The van der Waals surface area contributed by atoms with Crippen molar-refractivity contribution in [3.05, 3.63) is 40.4 Å². The van der Waals surface area contributed by atoms with Gasteiger partial charge in [0, 0.05) is 0 Å². The molecule has 0 N–H and O–H groups in total. The molecule has 90 valence electrons. The quantitative estimate of drug-likeness (QED) is 0.762. The van der Waals surface area contributed by atoms with Crippen LogP contribution in [0.5, 0.6) is 5.75 Å². The Bertz CT molecular complexity index is 534. The standard InChI is InChI=1S/C15H17BrO/c1-4-10(2)11-5-7-13-12(9-11)6-8-14(17-3)15(13)16/h5-10H,4H2,1-3H3/t10-/m1/s1. The van der Waals surface area contributed by atoms with E-state index in [1.54, 1.807) is 7.11 Å². The second-order valence-corrected chi connectivity index (χ2v) is 5.16. The zero-order valence-electron chi connectivity index (χ0n) is 10.5. The maximum atomic E-state index is 5.31. The molecule has 2 rings (SSSR count). The van der Waals surface area contributed by atoms with Crippen LogP contribution in [0.3, 0.4) is 0 Å². The van der Waals surface area contributed by atoms with Gasteiger partial charge in [0.25, 0.3) is 0 Å². The van der Waals surface area contributed by atoms with Crippen LogP contribution in [0.25, 0.3) is 10.8 Å². The maximum absolute atomic E-state index is 5.31. The summed E-state index contributed by atoms with van der Waals surface area (Å²) in [5.74, 6) is 1.49. The van der Waals surface area contributed by atoms with E-state index in [9.17, 15) is 0 Å². The number of methoxy groups -OCH3 is 1. The molecular weight excluding hydrogens is 276 g/mol. The van der Waals surface area contributed by atoms with Gasteiger partial charge in [-0.1, -0.05) is 38.1 Å². The highest BCUT2D eigenvalue weighted by Gasteiger charge is 2.08. The number of hydrogen-bond acceptors (Lipinski definition) is 1. The normalized spacial score (nSPS) is 12.7. The first kappa shape index (κ1) is 12.4. The Balaban J connectivity index is 2.57. The lowest BCUT2D eigenvalue weighted by Crippen LogP contribution is -1.91. The summed E-state index contributed by atoms with van der Waals surface area (Å²) in [4.78, 5) is 0. The fourth-order valence-electron chi connectivity index (χ4n) is 1.99. The van der Waals surface area contributed by atoms with Crippen LogP contribution in [0.2, 0.25) is 0 Å². The number of fused-ring (bicyclic) bond motifs is 1. The molecule has 0 amide bonds. The van der Waals surface area contributed by atoms with E-state index in [2.05, 4.69) is 54.0 Å². The zero-order chi connectivity index (χ0) is 12.4. The second-order valence-electron chi connectivity index (χ2n) is 4.37. The van der Waals surface area contributed by atoms with E-state index in [4.69, 9.17) is 4.74 Å². The van der Waals surface area contributed by atoms with Gasteiger partial charge in [0.1, 0.15) is 5.75 Å². The molecule has 0 spiro atoms. The molecule has 0 aliphatic heterocycles. The molecule has 0 aliphatic carbocycles. The minimum atomic E-state index is 0.611. The average Bonchev–Trinajstić information content (AvgIpc) is 2.38. The molecule has 0 aromatic heterocycles. The van der Waals surface area contributed by atoms with Gasteiger partial charge >= 0.3 is 0 Å². The van der Waals surface area contributed by atoms with Crippen LogP contribution in [0, 0.1) is 0 Å². The molecule has 1 atom stereocenters. The van der Waals surface area contributed by atoms with Gasteiger partial charge in [-0.25, -0.2) is 0 Å². The van der Waals surface area contributed by atoms with Crippen LogP contribution in [-0.2, 0) is 0 Å². The van der Waals surface area contributed by atoms with Crippen molar-refractivity contribution >= 4 is 26.7 Å². The van der Waals surface area contributed by atoms with Gasteiger partial charge in [-0.3, -0.25) is 0 Å². The Kier molecular flexibility index (Phi) is 3.72. The number of rotatable bonds is 3. The van der Waals surface area contributed by atoms with Gasteiger partial charge in [0.05, 0.1) is 11.6 Å². The van der Waals surface area contributed by atoms with Crippen LogP contribution in [-0.4, -0.2) is 7.11 Å². The molecule has 0 saturated heterocycles. The highest BCUT2D eigenvalue weighted by molar-refractivity contribution is 9.10. The molecular formula is C15H17BrO. The van der Waals surface area contributed by atoms with Crippen molar-refractivity contribution in [3.63, 3.8) is 0 Å². The summed E-state index contributed by atoms with van der Waals surface area (Å²) in [5, 5.41) is 2.46. The maximum Gasteiger partial charge on any atom is 0.133 e. The van der Waals surface area contributed by atoms with Crippen molar-refractivity contribution < 1.29 is 4.74 Å². The molecule has 2 heteroatoms. The Morgan fingerprint density at radius 2 is 2.00 bits per heavy atom. The van der Waals surface area contributed by atoms with Crippen LogP contribution >= 0.6 is 15.9 Å². The van der Waals surface area contributed by atoms with Crippen molar-refractivity contribution in [3.8, 4) is 5.75 Å². The number of ether oxygens (including phenoxy) is 1. The molecule has 0 saturated carbocycles. The van der Waals surface area contributed by atoms with E-state index in [1.807, 2.05) is 6.07 Å². The minimum absolute atomic E-state index is 0.611. The van der Waals surface area contributed by atoms with Crippen LogP contribution in [0.4, 0.5) is 0 Å². The molecule has 0 fully saturated rings. The SMILES string of the molecule is CC[C@@H](C)c1ccc2c(Br)c(OC)ccc2c1. The Hall–Kier alpha value is -1.02. The molecule has 0 heterocycles. The summed E-state index contributed by atoms with van der Waals surface area (Å²) >= 11 is 3.60. The van der Waals surface area contributed by atoms with E-state index in [1.165, 1.54) is 22.8 Å². The Morgan fingerprint density at radius 1 is 1.24 bits per heavy atom. The van der Waals surface area contributed by atoms with Gasteiger partial charge in [0.2, 0.25) is 0 Å². The summed E-state index contributed by atoms with van der Waals surface area (Å²) in [7, 11) is 1.69. The Labute approximate surface area is 111 Å². The van der Waals surface area contributed by atoms with Crippen molar-refractivity contribution in [2.75, 3.05) is 7.11 Å². The van der Waals surface area contributed by atoms with Crippen molar-refractivity contribution in [1.29, 1.82) is 0 Å². The first-order chi connectivity index (χ1) is 8.17. The average molecular weight is 293 g/mol. The van der Waals surface area contributed by atoms with Crippen molar-refractivity contribution in [2.45, 2.75) is 26.2 Å². The first-order valence-electron chi connectivity index (χ1n) is 5.93. The number of halogens is 1. The smallest absolute Gasteiger partial charge is 0.133 e. The van der Waals surface area contributed by atoms with Gasteiger partial charge in [0.15, 0.2) is 0 Å². The lowest BCUT2D eigenvalue weighted by Gasteiger charge is -2.12. The summed E-state index contributed by atoms with van der Waals surface area (Å²) in [6, 6.07) is 10.8. The number of benzene rings is 2. The lowest BCUT2D eigenvalue weighted by molar-refractivity contribution is 0.413. The summed E-state index contributed by atoms with van der Waals surface area (Å²) in [6.07, 6.45) is 1.17. The Morgan fingerprint density at radius 3 is 2.65 bits per heavy atom. The monoisotopic (exact) mass is 292 g/mol. The van der Waals surface area contributed by atoms with E-state index in [-0.39, 0.29) is 0 Å². The van der Waals surface area contributed by atoms with Gasteiger partial charge in [-0.15, -0.1) is 0 Å². The minimum Gasteiger partial charge on any atom is -0.496 e. The van der Waals surface area contributed by atoms with E-state index in [0.717, 1.165) is 10.2 Å². The van der Waals surface area contributed by atoms with Gasteiger partial charge in [-0.05, 0) is 50.7 Å². The van der Waals surface area contributed by atoms with E-state index in [0.29, 0.717) is 5.92 Å². The number of hydrogen-bond donors (Lipinski definition) is 0. The third-order valence-electron chi connectivity index (χ3n) is 3.34. The largest absolute Gasteiger partial charge is 0.496 e. The first-order valence-corrected chi connectivity index (χ1v) is 6.72. The molecule has 2 aromatic rings. The highest BCUT2D eigenvalue weighted by Crippen LogP contribution is 2.34. The molecule has 0 radical (unpaired) electrons. The molecule has 0 aliphatic rings. The predicted octanol–water partition coefficient (Wildman–Crippen LogP) is 5.12.